The molecule has 8 heteroatoms. The molecule has 1 fully saturated rings. The standard InChI is InChI=1S/C17H23N3O5/c1-2-3-6-14(17(22)23)18-12-7-8-15(20(24)25)13(11-12)16(21)19-9-4-5-10-19/h7-8,11,14,18H,2-6,9-10H2,1H3,(H,22,23). The Morgan fingerprint density at radius 1 is 1.36 bits per heavy atom. The Bertz CT molecular complexity index is 656. The summed E-state index contributed by atoms with van der Waals surface area (Å²) in [5.41, 5.74) is 0.135. The quantitative estimate of drug-likeness (QED) is 0.551. The topological polar surface area (TPSA) is 113 Å². The highest BCUT2D eigenvalue weighted by Gasteiger charge is 2.27. The van der Waals surface area contributed by atoms with E-state index in [2.05, 4.69) is 5.32 Å². The highest BCUT2D eigenvalue weighted by atomic mass is 16.6. The van der Waals surface area contributed by atoms with E-state index in [1.165, 1.54) is 18.2 Å². The van der Waals surface area contributed by atoms with Crippen molar-refractivity contribution in [3.63, 3.8) is 0 Å². The van der Waals surface area contributed by atoms with Crippen molar-refractivity contribution in [3.8, 4) is 0 Å². The lowest BCUT2D eigenvalue weighted by atomic mass is 10.1. The second-order valence-electron chi connectivity index (χ2n) is 6.17. The van der Waals surface area contributed by atoms with Gasteiger partial charge in [-0.25, -0.2) is 4.79 Å². The molecule has 2 rings (SSSR count). The SMILES string of the molecule is CCCCC(Nc1ccc([N+](=O)[O-])c(C(=O)N2CCCC2)c1)C(=O)O. The molecule has 2 N–H and O–H groups in total. The van der Waals surface area contributed by atoms with Crippen LogP contribution in [0, 0.1) is 10.1 Å². The Morgan fingerprint density at radius 2 is 2.04 bits per heavy atom. The molecule has 25 heavy (non-hydrogen) atoms. The van der Waals surface area contributed by atoms with Crippen molar-refractivity contribution in [1.29, 1.82) is 0 Å². The van der Waals surface area contributed by atoms with Crippen LogP contribution in [0.3, 0.4) is 0 Å². The number of nitro benzene ring substituents is 1. The van der Waals surface area contributed by atoms with Crippen LogP contribution in [0.5, 0.6) is 0 Å². The van der Waals surface area contributed by atoms with Gasteiger partial charge in [0.2, 0.25) is 0 Å². The summed E-state index contributed by atoms with van der Waals surface area (Å²) in [5.74, 6) is -1.37. The van der Waals surface area contributed by atoms with E-state index in [1.54, 1.807) is 4.90 Å². The van der Waals surface area contributed by atoms with Gasteiger partial charge in [0.05, 0.1) is 4.92 Å². The van der Waals surface area contributed by atoms with Crippen LogP contribution in [0.1, 0.15) is 49.4 Å². The Balaban J connectivity index is 2.27. The molecule has 0 bridgehead atoms. The number of hydrogen-bond donors (Lipinski definition) is 2. The minimum Gasteiger partial charge on any atom is -0.480 e. The molecule has 1 aliphatic heterocycles. The van der Waals surface area contributed by atoms with E-state index >= 15 is 0 Å². The molecule has 1 aromatic rings. The van der Waals surface area contributed by atoms with Gasteiger partial charge in [0.25, 0.3) is 11.6 Å². The van der Waals surface area contributed by atoms with Crippen LogP contribution in [-0.2, 0) is 4.79 Å². The molecular weight excluding hydrogens is 326 g/mol. The van der Waals surface area contributed by atoms with Gasteiger partial charge in [0, 0.05) is 24.8 Å². The molecule has 1 saturated heterocycles. The summed E-state index contributed by atoms with van der Waals surface area (Å²) < 4.78 is 0. The van der Waals surface area contributed by atoms with Crippen LogP contribution < -0.4 is 5.32 Å². The van der Waals surface area contributed by atoms with Crippen LogP contribution in [-0.4, -0.2) is 45.9 Å². The zero-order valence-electron chi connectivity index (χ0n) is 14.2. The summed E-state index contributed by atoms with van der Waals surface area (Å²) in [5, 5.41) is 23.4. The number of nitrogens with zero attached hydrogens (tertiary/aromatic N) is 2. The summed E-state index contributed by atoms with van der Waals surface area (Å²) in [6.07, 6.45) is 3.82. The number of benzene rings is 1. The van der Waals surface area contributed by atoms with Crippen molar-refractivity contribution in [2.75, 3.05) is 18.4 Å². The molecule has 136 valence electrons. The number of anilines is 1. The Labute approximate surface area is 146 Å². The van der Waals surface area contributed by atoms with Gasteiger partial charge in [-0.2, -0.15) is 0 Å². The Kier molecular flexibility index (Phi) is 6.32. The zero-order chi connectivity index (χ0) is 18.4. The third-order valence-electron chi connectivity index (χ3n) is 4.30. The molecule has 0 aromatic heterocycles. The number of nitrogens with one attached hydrogen (secondary N) is 1. The fourth-order valence-electron chi connectivity index (χ4n) is 2.91. The van der Waals surface area contributed by atoms with Gasteiger partial charge in [-0.3, -0.25) is 14.9 Å². The molecule has 8 nitrogen and oxygen atoms in total. The van der Waals surface area contributed by atoms with Gasteiger partial charge >= 0.3 is 5.97 Å². The van der Waals surface area contributed by atoms with Crippen molar-refractivity contribution < 1.29 is 19.6 Å². The lowest BCUT2D eigenvalue weighted by Gasteiger charge is -2.18. The van der Waals surface area contributed by atoms with Crippen molar-refractivity contribution >= 4 is 23.3 Å². The summed E-state index contributed by atoms with van der Waals surface area (Å²) >= 11 is 0. The maximum absolute atomic E-state index is 12.6. The summed E-state index contributed by atoms with van der Waals surface area (Å²) in [6.45, 7) is 3.14. The fraction of sp³-hybridized carbons (Fsp3) is 0.529. The van der Waals surface area contributed by atoms with Crippen molar-refractivity contribution in [2.45, 2.75) is 45.1 Å². The van der Waals surface area contributed by atoms with Crippen LogP contribution in [0.25, 0.3) is 0 Å². The molecule has 1 aromatic carbocycles. The van der Waals surface area contributed by atoms with E-state index in [0.717, 1.165) is 25.7 Å². The van der Waals surface area contributed by atoms with Gasteiger partial charge in [-0.1, -0.05) is 19.8 Å². The van der Waals surface area contributed by atoms with E-state index in [9.17, 15) is 24.8 Å². The summed E-state index contributed by atoms with van der Waals surface area (Å²) in [6, 6.07) is 3.29. The Morgan fingerprint density at radius 3 is 2.60 bits per heavy atom. The van der Waals surface area contributed by atoms with Crippen molar-refractivity contribution in [2.24, 2.45) is 0 Å². The van der Waals surface area contributed by atoms with Crippen LogP contribution >= 0.6 is 0 Å². The highest BCUT2D eigenvalue weighted by Crippen LogP contribution is 2.26. The second-order valence-corrected chi connectivity index (χ2v) is 6.17. The molecule has 1 unspecified atom stereocenters. The molecule has 1 atom stereocenters. The average Bonchev–Trinajstić information content (AvgIpc) is 3.11. The monoisotopic (exact) mass is 349 g/mol. The number of likely N-dealkylation sites (tertiary alicyclic amines) is 1. The van der Waals surface area contributed by atoms with Gasteiger partial charge < -0.3 is 15.3 Å². The Hall–Kier alpha value is -2.64. The normalized spacial score (nSPS) is 15.0. The number of hydrogen-bond acceptors (Lipinski definition) is 5. The lowest BCUT2D eigenvalue weighted by molar-refractivity contribution is -0.385. The molecule has 0 radical (unpaired) electrons. The van der Waals surface area contributed by atoms with Gasteiger partial charge in [0.15, 0.2) is 0 Å². The predicted octanol–water partition coefficient (Wildman–Crippen LogP) is 2.89. The van der Waals surface area contributed by atoms with Gasteiger partial charge in [-0.05, 0) is 31.4 Å². The van der Waals surface area contributed by atoms with E-state index in [0.29, 0.717) is 25.2 Å². The summed E-state index contributed by atoms with van der Waals surface area (Å²) in [7, 11) is 0. The first kappa shape index (κ1) is 18.7. The lowest BCUT2D eigenvalue weighted by Crippen LogP contribution is -2.30. The molecule has 0 spiro atoms. The van der Waals surface area contributed by atoms with E-state index in [1.807, 2.05) is 6.92 Å². The van der Waals surface area contributed by atoms with E-state index in [4.69, 9.17) is 0 Å². The largest absolute Gasteiger partial charge is 0.480 e. The van der Waals surface area contributed by atoms with Crippen LogP contribution in [0.2, 0.25) is 0 Å². The first-order valence-corrected chi connectivity index (χ1v) is 8.51. The van der Waals surface area contributed by atoms with Crippen molar-refractivity contribution in [1.82, 2.24) is 4.90 Å². The third-order valence-corrected chi connectivity index (χ3v) is 4.30. The predicted molar refractivity (Wildman–Crippen MR) is 92.8 cm³/mol. The second kappa shape index (κ2) is 8.46. The molecule has 1 heterocycles. The molecule has 0 aliphatic carbocycles. The number of nitro groups is 1. The maximum atomic E-state index is 12.6. The first-order chi connectivity index (χ1) is 11.9. The van der Waals surface area contributed by atoms with Gasteiger partial charge in [0.1, 0.15) is 11.6 Å². The molecular formula is C17H23N3O5. The number of unbranched alkanes of at least 4 members (excludes halogenated alkanes) is 1. The number of rotatable bonds is 8. The third kappa shape index (κ3) is 4.68. The van der Waals surface area contributed by atoms with Crippen LogP contribution in [0.15, 0.2) is 18.2 Å². The van der Waals surface area contributed by atoms with E-state index in [-0.39, 0.29) is 17.2 Å². The first-order valence-electron chi connectivity index (χ1n) is 8.51. The molecule has 1 aliphatic rings. The summed E-state index contributed by atoms with van der Waals surface area (Å²) in [4.78, 5) is 36.2. The number of carbonyl (C=O) groups is 2. The number of carboxylic acids is 1. The molecule has 1 amide bonds. The zero-order valence-corrected chi connectivity index (χ0v) is 14.2. The number of aliphatic carboxylic acids is 1. The fourth-order valence-corrected chi connectivity index (χ4v) is 2.91. The van der Waals surface area contributed by atoms with Crippen LogP contribution in [0.4, 0.5) is 11.4 Å². The highest BCUT2D eigenvalue weighted by molar-refractivity contribution is 5.99. The van der Waals surface area contributed by atoms with Gasteiger partial charge in [-0.15, -0.1) is 0 Å². The minimum absolute atomic E-state index is 0.00321. The smallest absolute Gasteiger partial charge is 0.326 e. The number of carbonyl (C=O) groups excluding carboxylic acids is 1. The number of amides is 1. The number of carboxylic acid groups (broad SMARTS) is 1. The van der Waals surface area contributed by atoms with E-state index < -0.39 is 16.9 Å². The molecule has 0 saturated carbocycles. The van der Waals surface area contributed by atoms with Crippen molar-refractivity contribution in [3.05, 3.63) is 33.9 Å². The maximum Gasteiger partial charge on any atom is 0.326 e. The average molecular weight is 349 g/mol. The minimum atomic E-state index is -0.987.